The lowest BCUT2D eigenvalue weighted by Gasteiger charge is -2.23. The maximum atomic E-state index is 5.09. The SMILES string of the molecule is COCc1nsc(N2CCCC2Cc2ccccc2)n1. The highest BCUT2D eigenvalue weighted by atomic mass is 32.1. The second-order valence-corrected chi connectivity index (χ2v) is 5.84. The number of hydrogen-bond donors (Lipinski definition) is 0. The van der Waals surface area contributed by atoms with Crippen molar-refractivity contribution >= 4 is 16.7 Å². The number of nitrogens with zero attached hydrogens (tertiary/aromatic N) is 3. The molecule has 0 N–H and O–H groups in total. The Labute approximate surface area is 123 Å². The fourth-order valence-electron chi connectivity index (χ4n) is 2.74. The molecule has 1 aromatic heterocycles. The van der Waals surface area contributed by atoms with Gasteiger partial charge in [0.15, 0.2) is 5.82 Å². The Balaban J connectivity index is 1.71. The monoisotopic (exact) mass is 289 g/mol. The number of benzene rings is 1. The Bertz CT molecular complexity index is 543. The number of methoxy groups -OCH3 is 1. The summed E-state index contributed by atoms with van der Waals surface area (Å²) in [5.74, 6) is 0.790. The van der Waals surface area contributed by atoms with Crippen molar-refractivity contribution in [1.82, 2.24) is 9.36 Å². The Morgan fingerprint density at radius 1 is 1.35 bits per heavy atom. The zero-order valence-corrected chi connectivity index (χ0v) is 12.5. The molecule has 1 fully saturated rings. The van der Waals surface area contributed by atoms with E-state index in [1.165, 1.54) is 29.9 Å². The molecule has 1 saturated heterocycles. The maximum absolute atomic E-state index is 5.09. The topological polar surface area (TPSA) is 38.2 Å². The minimum atomic E-state index is 0.494. The minimum Gasteiger partial charge on any atom is -0.377 e. The van der Waals surface area contributed by atoms with Crippen molar-refractivity contribution in [1.29, 1.82) is 0 Å². The van der Waals surface area contributed by atoms with Gasteiger partial charge in [-0.15, -0.1) is 0 Å². The van der Waals surface area contributed by atoms with Gasteiger partial charge in [0.2, 0.25) is 5.13 Å². The van der Waals surface area contributed by atoms with Crippen LogP contribution in [0.4, 0.5) is 5.13 Å². The van der Waals surface area contributed by atoms with Crippen molar-refractivity contribution in [2.45, 2.75) is 31.9 Å². The van der Waals surface area contributed by atoms with Gasteiger partial charge in [0.25, 0.3) is 0 Å². The normalized spacial score (nSPS) is 18.6. The minimum absolute atomic E-state index is 0.494. The summed E-state index contributed by atoms with van der Waals surface area (Å²) >= 11 is 1.49. The second kappa shape index (κ2) is 6.33. The molecule has 0 radical (unpaired) electrons. The molecule has 0 bridgehead atoms. The van der Waals surface area contributed by atoms with Crippen LogP contribution in [-0.4, -0.2) is 29.1 Å². The van der Waals surface area contributed by atoms with Crippen LogP contribution in [0.1, 0.15) is 24.2 Å². The molecule has 0 aliphatic carbocycles. The van der Waals surface area contributed by atoms with Gasteiger partial charge in [0.1, 0.15) is 6.61 Å². The summed E-state index contributed by atoms with van der Waals surface area (Å²) < 4.78 is 9.45. The first kappa shape index (κ1) is 13.5. The Kier molecular flexibility index (Phi) is 4.28. The highest BCUT2D eigenvalue weighted by Crippen LogP contribution is 2.29. The summed E-state index contributed by atoms with van der Waals surface area (Å²) in [5, 5.41) is 1.04. The largest absolute Gasteiger partial charge is 0.377 e. The van der Waals surface area contributed by atoms with Crippen LogP contribution in [0.3, 0.4) is 0 Å². The van der Waals surface area contributed by atoms with Crippen LogP contribution < -0.4 is 4.90 Å². The van der Waals surface area contributed by atoms with Crippen LogP contribution in [0.25, 0.3) is 0 Å². The molecule has 2 heterocycles. The van der Waals surface area contributed by atoms with Crippen molar-refractivity contribution < 1.29 is 4.74 Å². The van der Waals surface area contributed by atoms with Crippen LogP contribution in [0.2, 0.25) is 0 Å². The van der Waals surface area contributed by atoms with Gasteiger partial charge in [-0.25, -0.2) is 4.98 Å². The number of aromatic nitrogens is 2. The first-order valence-corrected chi connectivity index (χ1v) is 7.76. The Morgan fingerprint density at radius 2 is 2.20 bits per heavy atom. The molecule has 0 spiro atoms. The third kappa shape index (κ3) is 2.99. The molecule has 0 amide bonds. The van der Waals surface area contributed by atoms with E-state index in [1.807, 2.05) is 0 Å². The van der Waals surface area contributed by atoms with Crippen molar-refractivity contribution in [2.75, 3.05) is 18.6 Å². The van der Waals surface area contributed by atoms with Crippen molar-refractivity contribution in [2.24, 2.45) is 0 Å². The van der Waals surface area contributed by atoms with Crippen molar-refractivity contribution in [3.63, 3.8) is 0 Å². The molecule has 4 nitrogen and oxygen atoms in total. The summed E-state index contributed by atoms with van der Waals surface area (Å²) in [7, 11) is 1.68. The van der Waals surface area contributed by atoms with Gasteiger partial charge in [0, 0.05) is 31.2 Å². The van der Waals surface area contributed by atoms with Crippen LogP contribution in [0, 0.1) is 0 Å². The predicted octanol–water partition coefficient (Wildman–Crippen LogP) is 2.90. The third-order valence-corrected chi connectivity index (χ3v) is 4.46. The van der Waals surface area contributed by atoms with Gasteiger partial charge in [-0.2, -0.15) is 4.37 Å². The summed E-state index contributed by atoms with van der Waals surface area (Å²) in [6, 6.07) is 11.2. The molecule has 5 heteroatoms. The molecule has 20 heavy (non-hydrogen) atoms. The summed E-state index contributed by atoms with van der Waals surface area (Å²) in [4.78, 5) is 6.99. The fraction of sp³-hybridized carbons (Fsp3) is 0.467. The number of hydrogen-bond acceptors (Lipinski definition) is 5. The molecule has 0 saturated carbocycles. The maximum Gasteiger partial charge on any atom is 0.205 e. The summed E-state index contributed by atoms with van der Waals surface area (Å²) in [6.07, 6.45) is 3.55. The number of ether oxygens (including phenoxy) is 1. The Hall–Kier alpha value is -1.46. The van der Waals surface area contributed by atoms with Gasteiger partial charge in [-0.1, -0.05) is 30.3 Å². The quantitative estimate of drug-likeness (QED) is 0.848. The highest BCUT2D eigenvalue weighted by molar-refractivity contribution is 7.09. The molecular weight excluding hydrogens is 270 g/mol. The molecule has 1 aliphatic heterocycles. The molecular formula is C15H19N3OS. The molecule has 106 valence electrons. The van der Waals surface area contributed by atoms with E-state index in [2.05, 4.69) is 44.6 Å². The van der Waals surface area contributed by atoms with E-state index in [-0.39, 0.29) is 0 Å². The zero-order chi connectivity index (χ0) is 13.8. The van der Waals surface area contributed by atoms with E-state index in [0.29, 0.717) is 12.6 Å². The zero-order valence-electron chi connectivity index (χ0n) is 11.7. The van der Waals surface area contributed by atoms with Gasteiger partial charge in [-0.3, -0.25) is 0 Å². The first-order valence-electron chi connectivity index (χ1n) is 6.99. The Morgan fingerprint density at radius 3 is 3.00 bits per heavy atom. The lowest BCUT2D eigenvalue weighted by molar-refractivity contribution is 0.179. The molecule has 2 aromatic rings. The average molecular weight is 289 g/mol. The standard InChI is InChI=1S/C15H19N3OS/c1-19-11-14-16-15(20-17-14)18-9-5-8-13(18)10-12-6-3-2-4-7-12/h2-4,6-7,13H,5,8-11H2,1H3. The molecule has 1 aliphatic rings. The number of anilines is 1. The van der Waals surface area contributed by atoms with E-state index in [9.17, 15) is 0 Å². The third-order valence-electron chi connectivity index (χ3n) is 3.67. The fourth-order valence-corrected chi connectivity index (χ4v) is 3.51. The van der Waals surface area contributed by atoms with Gasteiger partial charge in [-0.05, 0) is 24.8 Å². The lowest BCUT2D eigenvalue weighted by Crippen LogP contribution is -2.30. The van der Waals surface area contributed by atoms with Crippen LogP contribution in [0.15, 0.2) is 30.3 Å². The summed E-state index contributed by atoms with van der Waals surface area (Å²) in [6.45, 7) is 1.58. The predicted molar refractivity (Wildman–Crippen MR) is 81.1 cm³/mol. The molecule has 3 rings (SSSR count). The molecule has 1 aromatic carbocycles. The van der Waals surface area contributed by atoms with Gasteiger partial charge in [0.05, 0.1) is 0 Å². The van der Waals surface area contributed by atoms with E-state index in [1.54, 1.807) is 7.11 Å². The smallest absolute Gasteiger partial charge is 0.205 e. The van der Waals surface area contributed by atoms with Crippen LogP contribution >= 0.6 is 11.5 Å². The van der Waals surface area contributed by atoms with Gasteiger partial charge < -0.3 is 9.64 Å². The molecule has 1 unspecified atom stereocenters. The van der Waals surface area contributed by atoms with E-state index < -0.39 is 0 Å². The summed E-state index contributed by atoms with van der Waals surface area (Å²) in [5.41, 5.74) is 1.39. The second-order valence-electron chi connectivity index (χ2n) is 5.11. The lowest BCUT2D eigenvalue weighted by atomic mass is 10.0. The van der Waals surface area contributed by atoms with E-state index in [0.717, 1.165) is 23.9 Å². The van der Waals surface area contributed by atoms with Crippen molar-refractivity contribution in [3.05, 3.63) is 41.7 Å². The first-order chi connectivity index (χ1) is 9.86. The highest BCUT2D eigenvalue weighted by Gasteiger charge is 2.27. The van der Waals surface area contributed by atoms with Gasteiger partial charge >= 0.3 is 0 Å². The molecule has 1 atom stereocenters. The van der Waals surface area contributed by atoms with E-state index in [4.69, 9.17) is 4.74 Å². The number of rotatable bonds is 5. The van der Waals surface area contributed by atoms with Crippen LogP contribution in [-0.2, 0) is 17.8 Å². The van der Waals surface area contributed by atoms with Crippen LogP contribution in [0.5, 0.6) is 0 Å². The average Bonchev–Trinajstić information content (AvgIpc) is 3.09. The van der Waals surface area contributed by atoms with E-state index >= 15 is 0 Å². The van der Waals surface area contributed by atoms with Crippen molar-refractivity contribution in [3.8, 4) is 0 Å².